The number of nitro benzene ring substituents is 2. The van der Waals surface area contributed by atoms with Crippen LogP contribution in [0.1, 0.15) is 51.3 Å². The van der Waals surface area contributed by atoms with E-state index in [1.54, 1.807) is 34.9 Å². The Morgan fingerprint density at radius 3 is 1.87 bits per heavy atom. The Balaban J connectivity index is 0.000000401. The molecule has 294 valence electrons. The van der Waals surface area contributed by atoms with Crippen molar-refractivity contribution in [3.8, 4) is 5.75 Å². The monoisotopic (exact) mass is 806 g/mol. The van der Waals surface area contributed by atoms with Crippen LogP contribution in [0.5, 0.6) is 5.75 Å². The van der Waals surface area contributed by atoms with Crippen molar-refractivity contribution in [1.82, 2.24) is 9.03 Å². The molecule has 16 nitrogen and oxygen atoms in total. The van der Waals surface area contributed by atoms with Gasteiger partial charge in [-0.15, -0.1) is 0 Å². The minimum Gasteiger partial charge on any atom is -0.497 e. The normalized spacial score (nSPS) is 13.8. The molecular weight excluding hydrogens is 763 g/mol. The van der Waals surface area contributed by atoms with E-state index in [0.29, 0.717) is 6.54 Å². The highest BCUT2D eigenvalue weighted by atomic mass is 32.2. The fourth-order valence-corrected chi connectivity index (χ4v) is 6.02. The Hall–Kier alpha value is -4.28. The number of nitrogens with two attached hydrogens (primary N) is 1. The summed E-state index contributed by atoms with van der Waals surface area (Å²) < 4.78 is 96.1. The second kappa shape index (κ2) is 19.2. The summed E-state index contributed by atoms with van der Waals surface area (Å²) in [5.74, 6) is -1.24. The number of halogens is 2. The minimum atomic E-state index is -3.69. The quantitative estimate of drug-likeness (QED) is 0.146. The number of nitro groups is 2. The van der Waals surface area contributed by atoms with Gasteiger partial charge in [0.05, 0.1) is 45.0 Å². The molecule has 3 N–H and O–H groups in total. The first kappa shape index (κ1) is 46.7. The van der Waals surface area contributed by atoms with Crippen LogP contribution in [0.25, 0.3) is 0 Å². The van der Waals surface area contributed by atoms with Gasteiger partial charge in [0.1, 0.15) is 28.4 Å². The second-order valence-corrected chi connectivity index (χ2v) is 18.5. The number of nitrogens with zero attached hydrogens (tertiary/aromatic N) is 4. The van der Waals surface area contributed by atoms with E-state index in [4.69, 9.17) is 10.5 Å². The zero-order valence-electron chi connectivity index (χ0n) is 30.6. The molecule has 0 heterocycles. The number of sulfonamides is 2. The number of non-ortho nitro benzene ring substituents is 2. The first-order chi connectivity index (χ1) is 24.1. The topological polar surface area (TPSA) is 235 Å². The van der Waals surface area contributed by atoms with Crippen LogP contribution in [-0.2, 0) is 43.1 Å². The molecule has 0 radical (unpaired) electrons. The third-order valence-electron chi connectivity index (χ3n) is 7.00. The van der Waals surface area contributed by atoms with Crippen molar-refractivity contribution in [3.63, 3.8) is 0 Å². The summed E-state index contributed by atoms with van der Waals surface area (Å²) in [4.78, 5) is 20.0. The summed E-state index contributed by atoms with van der Waals surface area (Å²) in [5, 5.41) is 21.3. The largest absolute Gasteiger partial charge is 0.497 e. The Labute approximate surface area is 310 Å². The molecule has 0 fully saturated rings. The lowest BCUT2D eigenvalue weighted by Crippen LogP contribution is -2.44. The number of nitrogens with one attached hydrogen (secondary N) is 1. The standard InChI is InChI=1S/C12H15FN2O3S.C10H14FN3O4S.C10H15NO3S/c1-8(14-19(18)12(2,3)4)10-7-9(15(16)17)5-6-11(10)13;1-10(12,6-19(17,18)13-2)8-5-7(14(15)16)3-4-9(8)11;1-11(15(3,12)13)8-9-4-6-10(14-2)7-5-9/h5-7H,1-4H3;3-5,13H,6,12H2,1-2H3;4-7H,8H2,1-3H3/t19-;10-;/m10./s1. The van der Waals surface area contributed by atoms with Gasteiger partial charge in [0.15, 0.2) is 0 Å². The number of hydrogen-bond donors (Lipinski definition) is 2. The molecule has 0 aliphatic carbocycles. The van der Waals surface area contributed by atoms with Gasteiger partial charge in [-0.3, -0.25) is 20.2 Å². The van der Waals surface area contributed by atoms with Crippen LogP contribution >= 0.6 is 0 Å². The lowest BCUT2D eigenvalue weighted by atomic mass is 9.94. The van der Waals surface area contributed by atoms with Crippen molar-refractivity contribution in [2.24, 2.45) is 10.1 Å². The van der Waals surface area contributed by atoms with E-state index < -0.39 is 68.6 Å². The van der Waals surface area contributed by atoms with Crippen molar-refractivity contribution in [2.75, 3.05) is 33.2 Å². The Kier molecular flexibility index (Phi) is 16.9. The van der Waals surface area contributed by atoms with Crippen molar-refractivity contribution >= 4 is 48.1 Å². The summed E-state index contributed by atoms with van der Waals surface area (Å²) in [6.07, 6.45) is 1.19. The molecule has 0 aliphatic heterocycles. The van der Waals surface area contributed by atoms with Crippen LogP contribution < -0.4 is 15.2 Å². The van der Waals surface area contributed by atoms with Gasteiger partial charge in [0, 0.05) is 49.0 Å². The Morgan fingerprint density at radius 1 is 0.943 bits per heavy atom. The number of hydrogen-bond acceptors (Lipinski definition) is 11. The summed E-state index contributed by atoms with van der Waals surface area (Å²) in [6, 6.07) is 13.3. The fourth-order valence-electron chi connectivity index (χ4n) is 3.93. The van der Waals surface area contributed by atoms with Crippen LogP contribution in [0.3, 0.4) is 0 Å². The molecule has 0 saturated carbocycles. The molecule has 0 aromatic heterocycles. The predicted octanol–water partition coefficient (Wildman–Crippen LogP) is 4.55. The first-order valence-electron chi connectivity index (χ1n) is 15.3. The van der Waals surface area contributed by atoms with Crippen LogP contribution in [0.4, 0.5) is 20.2 Å². The molecule has 3 rings (SSSR count). The number of rotatable bonds is 12. The molecule has 53 heavy (non-hydrogen) atoms. The van der Waals surface area contributed by atoms with Gasteiger partial charge in [0.2, 0.25) is 20.0 Å². The van der Waals surface area contributed by atoms with E-state index in [1.165, 1.54) is 31.5 Å². The molecule has 3 aromatic carbocycles. The molecule has 0 unspecified atom stereocenters. The maximum Gasteiger partial charge on any atom is 0.270 e. The van der Waals surface area contributed by atoms with Crippen molar-refractivity contribution in [2.45, 2.75) is 51.4 Å². The molecule has 3 aromatic rings. The Bertz CT molecular complexity index is 2040. The van der Waals surface area contributed by atoms with Crippen molar-refractivity contribution < 1.29 is 44.4 Å². The summed E-state index contributed by atoms with van der Waals surface area (Å²) in [5.41, 5.74) is 4.50. The summed E-state index contributed by atoms with van der Waals surface area (Å²) >= 11 is 0. The van der Waals surface area contributed by atoms with Gasteiger partial charge >= 0.3 is 0 Å². The average Bonchev–Trinajstić information content (AvgIpc) is 3.04. The molecule has 2 atom stereocenters. The molecule has 0 aliphatic rings. The molecule has 0 amide bonds. The molecular formula is C32H44F2N6O10S3. The fraction of sp³-hybridized carbons (Fsp3) is 0.406. The van der Waals surface area contributed by atoms with Gasteiger partial charge in [-0.25, -0.2) is 38.9 Å². The smallest absolute Gasteiger partial charge is 0.270 e. The highest BCUT2D eigenvalue weighted by Crippen LogP contribution is 2.27. The molecule has 0 saturated heterocycles. The van der Waals surface area contributed by atoms with Crippen LogP contribution in [0.2, 0.25) is 0 Å². The number of methoxy groups -OCH3 is 1. The van der Waals surface area contributed by atoms with Gasteiger partial charge in [-0.05, 0) is 71.5 Å². The van der Waals surface area contributed by atoms with E-state index in [2.05, 4.69) is 9.12 Å². The average molecular weight is 807 g/mol. The van der Waals surface area contributed by atoms with E-state index in [1.807, 2.05) is 24.3 Å². The number of benzene rings is 3. The maximum atomic E-state index is 13.7. The third-order valence-corrected chi connectivity index (χ3v) is 11.4. The van der Waals surface area contributed by atoms with Gasteiger partial charge in [-0.1, -0.05) is 12.1 Å². The lowest BCUT2D eigenvalue weighted by molar-refractivity contribution is -0.385. The third kappa shape index (κ3) is 15.3. The van der Waals surface area contributed by atoms with Gasteiger partial charge in [-0.2, -0.15) is 4.40 Å². The SMILES string of the molecule is CC(=N[S@](=O)C(C)(C)C)c1cc([N+](=O)[O-])ccc1F.CNS(=O)(=O)C[C@](C)(N)c1cc([N+](=O)[O-])ccc1F.COc1ccc(CN(C)S(C)(=O)=O)cc1. The van der Waals surface area contributed by atoms with Crippen molar-refractivity contribution in [3.05, 3.63) is 109 Å². The van der Waals surface area contributed by atoms with Crippen molar-refractivity contribution in [1.29, 1.82) is 0 Å². The lowest BCUT2D eigenvalue weighted by Gasteiger charge is -2.24. The highest BCUT2D eigenvalue weighted by Gasteiger charge is 2.32. The maximum absolute atomic E-state index is 13.7. The zero-order chi connectivity index (χ0) is 41.1. The molecule has 21 heteroatoms. The van der Waals surface area contributed by atoms with Crippen LogP contribution in [0.15, 0.2) is 65.1 Å². The minimum absolute atomic E-state index is 0.00759. The second-order valence-electron chi connectivity index (χ2n) is 12.6. The van der Waals surface area contributed by atoms with E-state index in [9.17, 15) is 50.1 Å². The zero-order valence-corrected chi connectivity index (χ0v) is 33.1. The van der Waals surface area contributed by atoms with Crippen LogP contribution in [-0.4, -0.2) is 78.9 Å². The van der Waals surface area contributed by atoms with E-state index in [0.717, 1.165) is 47.7 Å². The van der Waals surface area contributed by atoms with E-state index in [-0.39, 0.29) is 28.2 Å². The van der Waals surface area contributed by atoms with E-state index >= 15 is 0 Å². The first-order valence-corrected chi connectivity index (χ1v) is 19.9. The molecule has 0 spiro atoms. The summed E-state index contributed by atoms with van der Waals surface area (Å²) in [6.45, 7) is 8.37. The molecule has 0 bridgehead atoms. The van der Waals surface area contributed by atoms with Gasteiger partial charge in [0.25, 0.3) is 11.4 Å². The predicted molar refractivity (Wildman–Crippen MR) is 200 cm³/mol. The van der Waals surface area contributed by atoms with Gasteiger partial charge < -0.3 is 10.5 Å². The van der Waals surface area contributed by atoms with Crippen LogP contribution in [0, 0.1) is 31.9 Å². The highest BCUT2D eigenvalue weighted by molar-refractivity contribution is 7.89. The summed E-state index contributed by atoms with van der Waals surface area (Å²) in [7, 11) is -3.99. The Morgan fingerprint density at radius 2 is 1.43 bits per heavy atom. The number of ether oxygens (including phenoxy) is 1.